The van der Waals surface area contributed by atoms with Gasteiger partial charge in [-0.15, -0.1) is 0 Å². The molecule has 0 unspecified atom stereocenters. The van der Waals surface area contributed by atoms with Gasteiger partial charge >= 0.3 is 0 Å². The Morgan fingerprint density at radius 3 is 1.17 bits per heavy atom. The van der Waals surface area contributed by atoms with Crippen LogP contribution < -0.4 is 0 Å². The monoisotopic (exact) mass is 899 g/mol. The molecule has 3 heterocycles. The van der Waals surface area contributed by atoms with E-state index in [0.717, 1.165) is 112 Å². The molecule has 11 aromatic rings. The van der Waals surface area contributed by atoms with E-state index in [9.17, 15) is 2.74 Å². The second kappa shape index (κ2) is 19.1. The van der Waals surface area contributed by atoms with E-state index in [1.54, 1.807) is 12.4 Å². The number of nitrogens with zero attached hydrogens (tertiary/aromatic N) is 3. The van der Waals surface area contributed by atoms with Crippen molar-refractivity contribution in [3.8, 4) is 112 Å². The summed E-state index contributed by atoms with van der Waals surface area (Å²) >= 11 is 0. The summed E-state index contributed by atoms with van der Waals surface area (Å²) in [4.78, 5) is 14.0. The Labute approximate surface area is 414 Å². The second-order valence-corrected chi connectivity index (χ2v) is 18.7. The van der Waals surface area contributed by atoms with Crippen molar-refractivity contribution in [3.63, 3.8) is 0 Å². The molecule has 0 amide bonds. The van der Waals surface area contributed by atoms with Gasteiger partial charge in [0.1, 0.15) is 0 Å². The van der Waals surface area contributed by atoms with E-state index in [4.69, 9.17) is 4.98 Å². The molecule has 0 N–H and O–H groups in total. The lowest BCUT2D eigenvalue weighted by atomic mass is 9.84. The van der Waals surface area contributed by atoms with Crippen molar-refractivity contribution >= 4 is 0 Å². The molecule has 11 rings (SSSR count). The fraction of sp³-hybridized carbons (Fsp3) is 0.0597. The van der Waals surface area contributed by atoms with Crippen molar-refractivity contribution in [2.45, 2.75) is 26.2 Å². The van der Waals surface area contributed by atoms with Gasteiger partial charge in [0.25, 0.3) is 0 Å². The molecule has 0 spiro atoms. The van der Waals surface area contributed by atoms with Crippen LogP contribution in [0.1, 0.15) is 29.1 Å². The van der Waals surface area contributed by atoms with Crippen molar-refractivity contribution in [2.75, 3.05) is 0 Å². The zero-order chi connectivity index (χ0) is 49.2. The van der Waals surface area contributed by atoms with Gasteiger partial charge in [-0.05, 0) is 150 Å². The molecule has 0 saturated heterocycles. The predicted octanol–water partition coefficient (Wildman–Crippen LogP) is 17.8. The van der Waals surface area contributed by atoms with Crippen LogP contribution >= 0.6 is 0 Å². The maximum Gasteiger partial charge on any atom is 0.0705 e. The van der Waals surface area contributed by atoms with Crippen LogP contribution in [0, 0.1) is 0 Å². The normalized spacial score (nSPS) is 11.8. The van der Waals surface area contributed by atoms with Crippen LogP contribution in [0.2, 0.25) is 0 Å². The summed E-state index contributed by atoms with van der Waals surface area (Å²) in [6.07, 6.45) is 5.49. The molecule has 0 bridgehead atoms. The number of hydrogen-bond donors (Lipinski definition) is 0. The molecule has 0 aliphatic heterocycles. The molecule has 70 heavy (non-hydrogen) atoms. The average Bonchev–Trinajstić information content (AvgIpc) is 3.43. The van der Waals surface area contributed by atoms with Crippen molar-refractivity contribution in [3.05, 3.63) is 261 Å². The highest BCUT2D eigenvalue weighted by atomic mass is 14.7. The smallest absolute Gasteiger partial charge is 0.0705 e. The quantitative estimate of drug-likeness (QED) is 0.137. The first-order chi connectivity index (χ1) is 35.2. The van der Waals surface area contributed by atoms with Gasteiger partial charge in [0.2, 0.25) is 0 Å². The third kappa shape index (κ3) is 9.01. The summed E-state index contributed by atoms with van der Waals surface area (Å²) in [6, 6.07) is 78.7. The van der Waals surface area contributed by atoms with Crippen LogP contribution in [-0.2, 0) is 5.41 Å². The minimum absolute atomic E-state index is 0.0182. The minimum Gasteiger partial charge on any atom is -0.256 e. The largest absolute Gasteiger partial charge is 0.256 e. The molecule has 334 valence electrons. The summed E-state index contributed by atoms with van der Waals surface area (Å²) in [7, 11) is 0. The van der Waals surface area contributed by atoms with Crippen LogP contribution in [0.5, 0.6) is 0 Å². The fourth-order valence-corrected chi connectivity index (χ4v) is 9.42. The van der Waals surface area contributed by atoms with Gasteiger partial charge in [-0.2, -0.15) is 0 Å². The first-order valence-corrected chi connectivity index (χ1v) is 23.8. The molecule has 0 saturated carbocycles. The Morgan fingerprint density at radius 2 is 0.686 bits per heavy atom. The zero-order valence-corrected chi connectivity index (χ0v) is 39.4. The predicted molar refractivity (Wildman–Crippen MR) is 293 cm³/mol. The van der Waals surface area contributed by atoms with Gasteiger partial charge in [-0.25, -0.2) is 0 Å². The molecule has 3 heteroatoms. The highest BCUT2D eigenvalue weighted by Gasteiger charge is 2.20. The third-order valence-electron chi connectivity index (χ3n) is 13.1. The number of pyridine rings is 3. The zero-order valence-electron chi connectivity index (χ0n) is 41.4. The lowest BCUT2D eigenvalue weighted by Gasteiger charge is -2.20. The first-order valence-electron chi connectivity index (χ1n) is 24.8. The maximum atomic E-state index is 9.39. The Bertz CT molecular complexity index is 3600. The summed E-state index contributed by atoms with van der Waals surface area (Å²) < 4.78 is 18.8. The summed E-state index contributed by atoms with van der Waals surface area (Å²) in [6.45, 7) is 6.71. The topological polar surface area (TPSA) is 38.7 Å². The summed E-state index contributed by atoms with van der Waals surface area (Å²) in [5.41, 5.74) is 20.9. The van der Waals surface area contributed by atoms with E-state index in [1.165, 1.54) is 5.56 Å². The van der Waals surface area contributed by atoms with Gasteiger partial charge < -0.3 is 0 Å². The lowest BCUT2D eigenvalue weighted by molar-refractivity contribution is 0.589. The number of rotatable bonds is 10. The van der Waals surface area contributed by atoms with E-state index >= 15 is 0 Å². The van der Waals surface area contributed by atoms with Gasteiger partial charge in [0.05, 0.1) is 19.8 Å². The Kier molecular flexibility index (Phi) is 11.3. The molecule has 0 radical (unpaired) electrons. The first kappa shape index (κ1) is 41.4. The fourth-order valence-electron chi connectivity index (χ4n) is 9.42. The Balaban J connectivity index is 1.11. The Morgan fingerprint density at radius 1 is 0.271 bits per heavy atom. The molecule has 0 fully saturated rings. The molecule has 0 aliphatic carbocycles. The van der Waals surface area contributed by atoms with E-state index in [1.807, 2.05) is 66.9 Å². The molecule has 0 aliphatic rings. The molecular weight excluding hydrogens is 847 g/mol. The van der Waals surface area contributed by atoms with E-state index in [2.05, 4.69) is 195 Å². The van der Waals surface area contributed by atoms with Gasteiger partial charge in [-0.3, -0.25) is 15.0 Å². The van der Waals surface area contributed by atoms with Crippen molar-refractivity contribution in [2.24, 2.45) is 0 Å². The average molecular weight is 900 g/mol. The highest BCUT2D eigenvalue weighted by molar-refractivity contribution is 5.97. The van der Waals surface area contributed by atoms with E-state index < -0.39 is 0 Å². The van der Waals surface area contributed by atoms with Gasteiger partial charge in [0, 0.05) is 35.3 Å². The van der Waals surface area contributed by atoms with Crippen LogP contribution in [-0.4, -0.2) is 15.0 Å². The molecule has 0 atom stereocenters. The number of aromatic nitrogens is 3. The van der Waals surface area contributed by atoms with Crippen molar-refractivity contribution < 1.29 is 2.74 Å². The van der Waals surface area contributed by atoms with Crippen molar-refractivity contribution in [1.82, 2.24) is 15.0 Å². The summed E-state index contributed by atoms with van der Waals surface area (Å²) in [5.74, 6) is 0. The van der Waals surface area contributed by atoms with Crippen LogP contribution in [0.25, 0.3) is 112 Å². The van der Waals surface area contributed by atoms with E-state index in [0.29, 0.717) is 12.1 Å². The molecule has 8 aromatic carbocycles. The number of hydrogen-bond acceptors (Lipinski definition) is 3. The van der Waals surface area contributed by atoms with Crippen LogP contribution in [0.4, 0.5) is 0 Å². The number of benzene rings is 8. The maximum absolute atomic E-state index is 9.39. The molecular formula is C67H51N3. The second-order valence-electron chi connectivity index (χ2n) is 18.7. The standard InChI is InChI=1S/C67H51N3/c1-67(2,3)55-37-40-70-66(45-55)51-35-36-62(63(44-51)46-17-5-4-6-18-46)61-24-12-11-23-60(61)54-42-52(58-21-9-7-19-56(58)47-27-31-49(32-28-47)64-25-13-15-38-68-64)41-53(43-54)59-22-10-8-20-57(59)48-29-33-50(34-30-48)65-26-14-16-39-69-65/h4-45H,1-3H3/i27D,29D. The van der Waals surface area contributed by atoms with Crippen LogP contribution in [0.3, 0.4) is 0 Å². The minimum atomic E-state index is -0.0182. The lowest BCUT2D eigenvalue weighted by Crippen LogP contribution is -2.11. The van der Waals surface area contributed by atoms with Gasteiger partial charge in [-0.1, -0.05) is 197 Å². The SMILES string of the molecule is [2H]c1cc(-c2ccccn2)ccc1-c1ccccc1-c1cc(-c2ccccc2-c2ccc(-c3ccccn3)cc2[2H])cc(-c2ccccc2-c2ccc(-c3cc(C(C)(C)C)ccn3)cc2-c2ccccc2)c1. The summed E-state index contributed by atoms with van der Waals surface area (Å²) in [5, 5.41) is 0. The van der Waals surface area contributed by atoms with Crippen LogP contribution in [0.15, 0.2) is 255 Å². The Hall–Kier alpha value is -8.79. The molecule has 3 aromatic heterocycles. The van der Waals surface area contributed by atoms with Crippen molar-refractivity contribution in [1.29, 1.82) is 0 Å². The molecule has 3 nitrogen and oxygen atoms in total. The van der Waals surface area contributed by atoms with Gasteiger partial charge in [0.15, 0.2) is 0 Å². The highest BCUT2D eigenvalue weighted by Crippen LogP contribution is 2.45. The van der Waals surface area contributed by atoms with E-state index in [-0.39, 0.29) is 5.41 Å². The third-order valence-corrected chi connectivity index (χ3v) is 13.1.